The molecule has 0 aromatic carbocycles. The van der Waals surface area contributed by atoms with Crippen LogP contribution in [0, 0.1) is 12.3 Å². The Hall–Kier alpha value is -1.99. The Morgan fingerprint density at radius 2 is 2.47 bits per heavy atom. The third-order valence-corrected chi connectivity index (χ3v) is 2.84. The van der Waals surface area contributed by atoms with E-state index >= 15 is 0 Å². The number of anilines is 1. The number of hydrogen-bond donors (Lipinski definition) is 4. The van der Waals surface area contributed by atoms with Crippen molar-refractivity contribution in [1.29, 1.82) is 0 Å². The van der Waals surface area contributed by atoms with Gasteiger partial charge in [-0.2, -0.15) is 4.98 Å². The van der Waals surface area contributed by atoms with Gasteiger partial charge >= 0.3 is 5.69 Å². The van der Waals surface area contributed by atoms with Crippen molar-refractivity contribution >= 4 is 5.95 Å². The van der Waals surface area contributed by atoms with E-state index in [9.17, 15) is 15.0 Å². The van der Waals surface area contributed by atoms with Crippen LogP contribution in [0.15, 0.2) is 11.1 Å². The van der Waals surface area contributed by atoms with Gasteiger partial charge in [-0.15, -0.1) is 6.42 Å². The Kier molecular flexibility index (Phi) is 2.63. The standard InChI is InChI=1S/C10H13N5O4/c1-2-10(12)6(17)5(3-16)19-7(10)15-4-13-8(11)14-9(15)18/h1,4-7,16-17H,3,12H2,(H2,11,14,18)/t5-,6+,7-,10?/m1/s1/i3D2. The fourth-order valence-corrected chi connectivity index (χ4v) is 1.79. The number of aliphatic hydroxyl groups is 2. The molecule has 9 nitrogen and oxygen atoms in total. The number of rotatable bonds is 2. The summed E-state index contributed by atoms with van der Waals surface area (Å²) in [6, 6.07) is 0. The second kappa shape index (κ2) is 4.60. The molecule has 0 spiro atoms. The van der Waals surface area contributed by atoms with Gasteiger partial charge in [-0.05, 0) is 0 Å². The normalized spacial score (nSPS) is 36.4. The monoisotopic (exact) mass is 269 g/mol. The van der Waals surface area contributed by atoms with E-state index < -0.39 is 36.2 Å². The summed E-state index contributed by atoms with van der Waals surface area (Å²) >= 11 is 0. The lowest BCUT2D eigenvalue weighted by Crippen LogP contribution is -2.54. The molecule has 2 heterocycles. The van der Waals surface area contributed by atoms with Crippen molar-refractivity contribution in [3.05, 3.63) is 16.8 Å². The van der Waals surface area contributed by atoms with Gasteiger partial charge in [0, 0.05) is 0 Å². The zero-order chi connectivity index (χ0) is 16.0. The van der Waals surface area contributed by atoms with Gasteiger partial charge in [-0.3, -0.25) is 4.57 Å². The van der Waals surface area contributed by atoms with E-state index in [-0.39, 0.29) is 5.95 Å². The number of hydrogen-bond acceptors (Lipinski definition) is 8. The van der Waals surface area contributed by atoms with Crippen LogP contribution in [-0.4, -0.2) is 49.1 Å². The lowest BCUT2D eigenvalue weighted by molar-refractivity contribution is -0.0480. The number of aromatic nitrogens is 3. The van der Waals surface area contributed by atoms with Gasteiger partial charge in [-0.25, -0.2) is 9.78 Å². The van der Waals surface area contributed by atoms with Crippen molar-refractivity contribution in [3.63, 3.8) is 0 Å². The molecule has 1 fully saturated rings. The predicted octanol–water partition coefficient (Wildman–Crippen LogP) is -3.20. The summed E-state index contributed by atoms with van der Waals surface area (Å²) < 4.78 is 20.4. The number of nitrogens with two attached hydrogens (primary N) is 2. The van der Waals surface area contributed by atoms with Gasteiger partial charge in [0.2, 0.25) is 5.95 Å². The fraction of sp³-hybridized carbons (Fsp3) is 0.500. The minimum atomic E-state index is -2.92. The first-order valence-corrected chi connectivity index (χ1v) is 5.14. The van der Waals surface area contributed by atoms with Gasteiger partial charge in [0.1, 0.15) is 18.5 Å². The molecule has 1 aliphatic heterocycles. The summed E-state index contributed by atoms with van der Waals surface area (Å²) in [7, 11) is 0. The minimum absolute atomic E-state index is 0.285. The molecule has 0 amide bonds. The van der Waals surface area contributed by atoms with Crippen molar-refractivity contribution in [2.24, 2.45) is 5.73 Å². The average Bonchev–Trinajstić information content (AvgIpc) is 2.63. The molecule has 1 aromatic heterocycles. The average molecular weight is 269 g/mol. The van der Waals surface area contributed by atoms with Crippen LogP contribution < -0.4 is 17.2 Å². The van der Waals surface area contributed by atoms with Crippen LogP contribution in [-0.2, 0) is 4.74 Å². The van der Waals surface area contributed by atoms with E-state index in [4.69, 9.17) is 25.4 Å². The fourth-order valence-electron chi connectivity index (χ4n) is 1.79. The lowest BCUT2D eigenvalue weighted by Gasteiger charge is -2.27. The maximum Gasteiger partial charge on any atom is 0.354 e. The smallest absolute Gasteiger partial charge is 0.354 e. The molecule has 0 radical (unpaired) electrons. The lowest BCUT2D eigenvalue weighted by atomic mass is 9.92. The van der Waals surface area contributed by atoms with Crippen LogP contribution in [0.1, 0.15) is 8.97 Å². The molecule has 1 aliphatic rings. The van der Waals surface area contributed by atoms with Crippen molar-refractivity contribution in [3.8, 4) is 12.3 Å². The molecule has 4 atom stereocenters. The highest BCUT2D eigenvalue weighted by Gasteiger charge is 2.54. The molecular formula is C10H13N5O4. The van der Waals surface area contributed by atoms with Crippen molar-refractivity contribution in [2.75, 3.05) is 12.3 Å². The highest BCUT2D eigenvalue weighted by molar-refractivity contribution is 5.22. The Morgan fingerprint density at radius 1 is 1.79 bits per heavy atom. The van der Waals surface area contributed by atoms with Gasteiger partial charge in [0.05, 0.1) is 9.30 Å². The third kappa shape index (κ3) is 1.96. The van der Waals surface area contributed by atoms with Crippen LogP contribution >= 0.6 is 0 Å². The van der Waals surface area contributed by atoms with Crippen molar-refractivity contribution in [2.45, 2.75) is 24.0 Å². The zero-order valence-electron chi connectivity index (χ0n) is 11.6. The Balaban J connectivity index is 2.53. The molecule has 19 heavy (non-hydrogen) atoms. The molecule has 0 saturated carbocycles. The largest absolute Gasteiger partial charge is 0.394 e. The predicted molar refractivity (Wildman–Crippen MR) is 63.5 cm³/mol. The first kappa shape index (κ1) is 10.9. The number of aliphatic hydroxyl groups excluding tert-OH is 1. The molecular weight excluding hydrogens is 254 g/mol. The highest BCUT2D eigenvalue weighted by atomic mass is 16.5. The Bertz CT molecular complexity index is 654. The molecule has 9 heteroatoms. The van der Waals surface area contributed by atoms with Crippen LogP contribution in [0.5, 0.6) is 0 Å². The van der Waals surface area contributed by atoms with Crippen LogP contribution in [0.3, 0.4) is 0 Å². The summed E-state index contributed by atoms with van der Waals surface area (Å²) in [5.74, 6) is 1.78. The topological polar surface area (TPSA) is 150 Å². The van der Waals surface area contributed by atoms with Gasteiger partial charge < -0.3 is 26.4 Å². The highest BCUT2D eigenvalue weighted by Crippen LogP contribution is 2.35. The maximum atomic E-state index is 11.8. The number of terminal acetylenes is 1. The molecule has 1 aromatic rings. The van der Waals surface area contributed by atoms with Crippen molar-refractivity contribution < 1.29 is 17.7 Å². The van der Waals surface area contributed by atoms with Gasteiger partial charge in [-0.1, -0.05) is 5.92 Å². The summed E-state index contributed by atoms with van der Waals surface area (Å²) in [5, 5.41) is 19.4. The molecule has 1 saturated heterocycles. The van der Waals surface area contributed by atoms with E-state index in [1.807, 2.05) is 0 Å². The molecule has 1 unspecified atom stereocenters. The third-order valence-electron chi connectivity index (χ3n) is 2.84. The molecule has 2 rings (SSSR count). The van der Waals surface area contributed by atoms with Gasteiger partial charge in [0.15, 0.2) is 11.8 Å². The van der Waals surface area contributed by atoms with E-state index in [2.05, 4.69) is 15.9 Å². The molecule has 0 bridgehead atoms. The summed E-state index contributed by atoms with van der Waals surface area (Å²) in [6.07, 6.45) is 1.23. The van der Waals surface area contributed by atoms with E-state index in [1.54, 1.807) is 0 Å². The molecule has 6 N–H and O–H groups in total. The Morgan fingerprint density at radius 3 is 3.00 bits per heavy atom. The van der Waals surface area contributed by atoms with Crippen LogP contribution in [0.2, 0.25) is 0 Å². The maximum absolute atomic E-state index is 11.8. The summed E-state index contributed by atoms with van der Waals surface area (Å²) in [4.78, 5) is 18.7. The number of nitrogens with zero attached hydrogens (tertiary/aromatic N) is 3. The first-order valence-electron chi connectivity index (χ1n) is 6.14. The zero-order valence-corrected chi connectivity index (χ0v) is 9.59. The first-order chi connectivity index (χ1) is 9.61. The van der Waals surface area contributed by atoms with E-state index in [0.29, 0.717) is 0 Å². The molecule has 0 aliphatic carbocycles. The number of nitrogen functional groups attached to an aromatic ring is 1. The number of ether oxygens (including phenoxy) is 1. The minimum Gasteiger partial charge on any atom is -0.394 e. The SMILES string of the molecule is [2H]C([2H])(O)[C@H]1O[C@@H](n2cnc(N)nc2=O)C(N)(C#C)[C@H]1O. The van der Waals surface area contributed by atoms with E-state index in [1.165, 1.54) is 0 Å². The Labute approximate surface area is 110 Å². The second-order valence-corrected chi connectivity index (χ2v) is 3.96. The second-order valence-electron chi connectivity index (χ2n) is 3.96. The van der Waals surface area contributed by atoms with E-state index in [0.717, 1.165) is 10.9 Å². The quantitative estimate of drug-likeness (QED) is 0.410. The van der Waals surface area contributed by atoms with Crippen LogP contribution in [0.25, 0.3) is 0 Å². The summed E-state index contributed by atoms with van der Waals surface area (Å²) in [6.45, 7) is -2.92. The molecule has 102 valence electrons. The van der Waals surface area contributed by atoms with Gasteiger partial charge in [0.25, 0.3) is 0 Å². The van der Waals surface area contributed by atoms with Crippen LogP contribution in [0.4, 0.5) is 5.95 Å². The van der Waals surface area contributed by atoms with Crippen molar-refractivity contribution in [1.82, 2.24) is 14.5 Å². The summed E-state index contributed by atoms with van der Waals surface area (Å²) in [5.41, 5.74) is 8.22.